The summed E-state index contributed by atoms with van der Waals surface area (Å²) in [5.74, 6) is 0.987. The lowest BCUT2D eigenvalue weighted by atomic mass is 10.2. The number of nitrogens with zero attached hydrogens (tertiary/aromatic N) is 4. The van der Waals surface area contributed by atoms with E-state index in [4.69, 9.17) is 4.52 Å². The number of hydrogen-bond donors (Lipinski definition) is 1. The molecule has 0 aliphatic carbocycles. The first-order valence-electron chi connectivity index (χ1n) is 9.03. The summed E-state index contributed by atoms with van der Waals surface area (Å²) >= 11 is 0. The van der Waals surface area contributed by atoms with Gasteiger partial charge in [0.25, 0.3) is 0 Å². The van der Waals surface area contributed by atoms with Gasteiger partial charge in [-0.2, -0.15) is 4.98 Å². The quantitative estimate of drug-likeness (QED) is 0.898. The molecule has 0 aromatic carbocycles. The van der Waals surface area contributed by atoms with Crippen LogP contribution in [0.1, 0.15) is 56.6 Å². The van der Waals surface area contributed by atoms with Crippen molar-refractivity contribution in [3.05, 3.63) is 24.2 Å². The first kappa shape index (κ1) is 17.4. The van der Waals surface area contributed by atoms with Crippen molar-refractivity contribution < 1.29 is 9.32 Å². The highest BCUT2D eigenvalue weighted by atomic mass is 16.5. The van der Waals surface area contributed by atoms with E-state index >= 15 is 0 Å². The fourth-order valence-corrected chi connectivity index (χ4v) is 2.85. The maximum Gasteiger partial charge on any atom is 0.316 e. The summed E-state index contributed by atoms with van der Waals surface area (Å²) in [6, 6.07) is 3.87. The molecule has 0 spiro atoms. The lowest BCUT2D eigenvalue weighted by molar-refractivity contribution is 0.0895. The van der Waals surface area contributed by atoms with Crippen LogP contribution in [0.4, 0.5) is 5.82 Å². The Kier molecular flexibility index (Phi) is 5.63. The minimum Gasteiger partial charge on any atom is -0.357 e. The Hall–Kier alpha value is -2.44. The molecular formula is C18H25N5O2. The maximum atomic E-state index is 12.1. The average molecular weight is 343 g/mol. The van der Waals surface area contributed by atoms with Crippen LogP contribution < -0.4 is 10.2 Å². The summed E-state index contributed by atoms with van der Waals surface area (Å²) < 4.78 is 5.12. The molecule has 7 nitrogen and oxygen atoms in total. The Balaban J connectivity index is 1.76. The number of anilines is 1. The van der Waals surface area contributed by atoms with Gasteiger partial charge in [-0.15, -0.1) is 0 Å². The molecule has 1 amide bonds. The third-order valence-corrected chi connectivity index (χ3v) is 4.54. The Bertz CT molecular complexity index is 707. The number of carbonyl (C=O) groups excluding carboxylic acids is 1. The summed E-state index contributed by atoms with van der Waals surface area (Å²) in [6.45, 7) is 5.98. The second kappa shape index (κ2) is 8.09. The van der Waals surface area contributed by atoms with Gasteiger partial charge >= 0.3 is 11.8 Å². The minimum absolute atomic E-state index is 0.0107. The molecule has 2 aromatic rings. The van der Waals surface area contributed by atoms with Crippen molar-refractivity contribution >= 4 is 11.7 Å². The second-order valence-corrected chi connectivity index (χ2v) is 6.51. The number of amides is 1. The molecule has 25 heavy (non-hydrogen) atoms. The fourth-order valence-electron chi connectivity index (χ4n) is 2.85. The van der Waals surface area contributed by atoms with Crippen molar-refractivity contribution in [2.24, 2.45) is 0 Å². The molecule has 1 fully saturated rings. The molecule has 0 bridgehead atoms. The standard InChI is InChI=1S/C18H25N5O2/c1-3-13(2)20-17(24)18-21-16(22-25-18)14-8-9-19-15(12-14)23-10-6-4-5-7-11-23/h8-9,12-13H,3-7,10-11H2,1-2H3,(H,20,24)/t13-/m0/s1. The van der Waals surface area contributed by atoms with Crippen LogP contribution in [0.2, 0.25) is 0 Å². The molecule has 2 aromatic heterocycles. The molecule has 0 unspecified atom stereocenters. The average Bonchev–Trinajstić information content (AvgIpc) is 2.97. The molecule has 3 rings (SSSR count). The highest BCUT2D eigenvalue weighted by molar-refractivity contribution is 5.90. The van der Waals surface area contributed by atoms with Crippen molar-refractivity contribution in [1.29, 1.82) is 0 Å². The monoisotopic (exact) mass is 343 g/mol. The van der Waals surface area contributed by atoms with Gasteiger partial charge in [0, 0.05) is 30.9 Å². The van der Waals surface area contributed by atoms with Crippen molar-refractivity contribution in [1.82, 2.24) is 20.4 Å². The van der Waals surface area contributed by atoms with Crippen molar-refractivity contribution in [3.8, 4) is 11.4 Å². The Morgan fingerprint density at radius 2 is 2.08 bits per heavy atom. The predicted molar refractivity (Wildman–Crippen MR) is 95.4 cm³/mol. The Morgan fingerprint density at radius 1 is 1.32 bits per heavy atom. The zero-order valence-corrected chi connectivity index (χ0v) is 14.9. The summed E-state index contributed by atoms with van der Waals surface area (Å²) in [5, 5.41) is 6.78. The summed E-state index contributed by atoms with van der Waals surface area (Å²) in [5.41, 5.74) is 0.806. The maximum absolute atomic E-state index is 12.1. The molecule has 0 saturated carbocycles. The van der Waals surface area contributed by atoms with E-state index in [-0.39, 0.29) is 17.8 Å². The van der Waals surface area contributed by atoms with Crippen LogP contribution in [-0.4, -0.2) is 40.2 Å². The number of aromatic nitrogens is 3. The van der Waals surface area contributed by atoms with Gasteiger partial charge in [-0.25, -0.2) is 4.98 Å². The first-order chi connectivity index (χ1) is 12.2. The van der Waals surface area contributed by atoms with Crippen molar-refractivity contribution in [2.45, 2.75) is 52.0 Å². The van der Waals surface area contributed by atoms with Crippen LogP contribution in [-0.2, 0) is 0 Å². The van der Waals surface area contributed by atoms with Crippen LogP contribution in [0.3, 0.4) is 0 Å². The van der Waals surface area contributed by atoms with Gasteiger partial charge in [0.15, 0.2) is 0 Å². The molecule has 1 aliphatic rings. The van der Waals surface area contributed by atoms with Gasteiger partial charge in [0.2, 0.25) is 5.82 Å². The number of pyridine rings is 1. The van der Waals surface area contributed by atoms with Gasteiger partial charge in [-0.1, -0.05) is 24.9 Å². The third-order valence-electron chi connectivity index (χ3n) is 4.54. The van der Waals surface area contributed by atoms with Gasteiger partial charge < -0.3 is 14.7 Å². The largest absolute Gasteiger partial charge is 0.357 e. The lowest BCUT2D eigenvalue weighted by Crippen LogP contribution is -2.32. The zero-order valence-electron chi connectivity index (χ0n) is 14.9. The lowest BCUT2D eigenvalue weighted by Gasteiger charge is -2.21. The highest BCUT2D eigenvalue weighted by Gasteiger charge is 2.18. The molecule has 1 N–H and O–H groups in total. The minimum atomic E-state index is -0.338. The van der Waals surface area contributed by atoms with Gasteiger partial charge in [0.1, 0.15) is 5.82 Å². The number of hydrogen-bond acceptors (Lipinski definition) is 6. The van der Waals surface area contributed by atoms with E-state index in [1.807, 2.05) is 26.0 Å². The van der Waals surface area contributed by atoms with Crippen LogP contribution in [0.5, 0.6) is 0 Å². The molecule has 0 radical (unpaired) electrons. The Morgan fingerprint density at radius 3 is 2.80 bits per heavy atom. The van der Waals surface area contributed by atoms with E-state index in [2.05, 4.69) is 25.3 Å². The second-order valence-electron chi connectivity index (χ2n) is 6.51. The molecule has 1 saturated heterocycles. The van der Waals surface area contributed by atoms with Gasteiger partial charge in [-0.05, 0) is 38.3 Å². The normalized spacial score (nSPS) is 16.3. The van der Waals surface area contributed by atoms with Crippen LogP contribution >= 0.6 is 0 Å². The molecule has 1 atom stereocenters. The van der Waals surface area contributed by atoms with Crippen molar-refractivity contribution in [3.63, 3.8) is 0 Å². The van der Waals surface area contributed by atoms with Gasteiger partial charge in [0.05, 0.1) is 0 Å². The molecule has 3 heterocycles. The number of carbonyl (C=O) groups is 1. The summed E-state index contributed by atoms with van der Waals surface area (Å²) in [6.07, 6.45) is 7.52. The zero-order chi connectivity index (χ0) is 17.6. The van der Waals surface area contributed by atoms with E-state index < -0.39 is 0 Å². The topological polar surface area (TPSA) is 84.2 Å². The smallest absolute Gasteiger partial charge is 0.316 e. The molecular weight excluding hydrogens is 318 g/mol. The van der Waals surface area contributed by atoms with E-state index in [1.165, 1.54) is 25.7 Å². The molecule has 1 aliphatic heterocycles. The van der Waals surface area contributed by atoms with E-state index in [0.29, 0.717) is 5.82 Å². The first-order valence-corrected chi connectivity index (χ1v) is 9.03. The van der Waals surface area contributed by atoms with E-state index in [9.17, 15) is 4.79 Å². The third kappa shape index (κ3) is 4.35. The Labute approximate surface area is 147 Å². The van der Waals surface area contributed by atoms with Gasteiger partial charge in [-0.3, -0.25) is 4.79 Å². The summed E-state index contributed by atoms with van der Waals surface area (Å²) in [4.78, 5) is 23.1. The highest BCUT2D eigenvalue weighted by Crippen LogP contribution is 2.23. The van der Waals surface area contributed by atoms with Crippen LogP contribution in [0.25, 0.3) is 11.4 Å². The number of nitrogens with one attached hydrogen (secondary N) is 1. The van der Waals surface area contributed by atoms with E-state index in [1.54, 1.807) is 6.20 Å². The SMILES string of the molecule is CC[C@H](C)NC(=O)c1nc(-c2ccnc(N3CCCCCC3)c2)no1. The van der Waals surface area contributed by atoms with Crippen molar-refractivity contribution in [2.75, 3.05) is 18.0 Å². The van der Waals surface area contributed by atoms with E-state index in [0.717, 1.165) is 30.9 Å². The molecule has 7 heteroatoms. The summed E-state index contributed by atoms with van der Waals surface area (Å²) in [7, 11) is 0. The van der Waals surface area contributed by atoms with Crippen LogP contribution in [0.15, 0.2) is 22.9 Å². The molecule has 134 valence electrons. The van der Waals surface area contributed by atoms with Crippen LogP contribution in [0, 0.1) is 0 Å². The number of rotatable bonds is 5. The predicted octanol–water partition coefficient (Wildman–Crippen LogP) is 3.04. The fraction of sp³-hybridized carbons (Fsp3) is 0.556.